The molecule has 0 bridgehead atoms. The van der Waals surface area contributed by atoms with Gasteiger partial charge in [-0.15, -0.1) is 0 Å². The van der Waals surface area contributed by atoms with Crippen molar-refractivity contribution in [2.75, 3.05) is 6.54 Å². The molecule has 5 heteroatoms. The molecule has 0 aliphatic carbocycles. The van der Waals surface area contributed by atoms with E-state index < -0.39 is 11.7 Å². The molecule has 1 aliphatic heterocycles. The smallest absolute Gasteiger partial charge is 0.356 e. The van der Waals surface area contributed by atoms with Crippen LogP contribution in [0.2, 0.25) is 0 Å². The van der Waals surface area contributed by atoms with E-state index in [2.05, 4.69) is 5.32 Å². The summed E-state index contributed by atoms with van der Waals surface area (Å²) >= 11 is 0. The van der Waals surface area contributed by atoms with E-state index in [-0.39, 0.29) is 18.2 Å². The topological polar surface area (TPSA) is 29.1 Å². The molecule has 17 heavy (non-hydrogen) atoms. The summed E-state index contributed by atoms with van der Waals surface area (Å²) in [5.74, 6) is -0.204. The molecule has 1 heterocycles. The van der Waals surface area contributed by atoms with Gasteiger partial charge in [-0.05, 0) is 24.0 Å². The van der Waals surface area contributed by atoms with Gasteiger partial charge in [0.05, 0.1) is 5.56 Å². The van der Waals surface area contributed by atoms with Crippen LogP contribution in [0.5, 0.6) is 0 Å². The summed E-state index contributed by atoms with van der Waals surface area (Å²) in [6.07, 6.45) is -3.37. The summed E-state index contributed by atoms with van der Waals surface area (Å²) in [5.41, 5.74) is -0.0596. The average Bonchev–Trinajstić information content (AvgIpc) is 2.28. The zero-order chi connectivity index (χ0) is 12.5. The zero-order valence-corrected chi connectivity index (χ0v) is 9.05. The lowest BCUT2D eigenvalue weighted by atomic mass is 9.89. The van der Waals surface area contributed by atoms with Gasteiger partial charge in [0, 0.05) is 13.0 Å². The number of piperidine rings is 1. The van der Waals surface area contributed by atoms with Crippen LogP contribution in [0.1, 0.15) is 29.9 Å². The van der Waals surface area contributed by atoms with Crippen molar-refractivity contribution in [3.05, 3.63) is 35.4 Å². The standard InChI is InChI=1S/C12H12F3NO/c13-12(14,15)10-3-1-2-8(6-10)9-4-5-16-11(17)7-9/h1-3,6,9H,4-5,7H2,(H,16,17). The monoisotopic (exact) mass is 243 g/mol. The molecule has 1 aromatic carbocycles. The second kappa shape index (κ2) is 4.39. The summed E-state index contributed by atoms with van der Waals surface area (Å²) in [7, 11) is 0. The zero-order valence-electron chi connectivity index (χ0n) is 9.05. The molecule has 1 N–H and O–H groups in total. The van der Waals surface area contributed by atoms with Gasteiger partial charge in [-0.1, -0.05) is 18.2 Å². The van der Waals surface area contributed by atoms with Crippen molar-refractivity contribution in [3.63, 3.8) is 0 Å². The fourth-order valence-electron chi connectivity index (χ4n) is 2.04. The third-order valence-corrected chi connectivity index (χ3v) is 2.93. The Morgan fingerprint density at radius 1 is 1.29 bits per heavy atom. The van der Waals surface area contributed by atoms with Crippen LogP contribution in [-0.2, 0) is 11.0 Å². The molecule has 0 aromatic heterocycles. The number of hydrogen-bond donors (Lipinski definition) is 1. The molecule has 1 aromatic rings. The summed E-state index contributed by atoms with van der Waals surface area (Å²) < 4.78 is 37.6. The normalized spacial score (nSPS) is 21.1. The van der Waals surface area contributed by atoms with Crippen molar-refractivity contribution in [1.29, 1.82) is 0 Å². The number of halogens is 3. The molecule has 1 saturated heterocycles. The molecule has 0 saturated carbocycles. The number of rotatable bonds is 1. The Kier molecular flexibility index (Phi) is 3.09. The SMILES string of the molecule is O=C1CC(c2cccc(C(F)(F)F)c2)CCN1. The highest BCUT2D eigenvalue weighted by Gasteiger charge is 2.31. The highest BCUT2D eigenvalue weighted by Crippen LogP contribution is 2.33. The fraction of sp³-hybridized carbons (Fsp3) is 0.417. The summed E-state index contributed by atoms with van der Waals surface area (Å²) in [4.78, 5) is 11.2. The first kappa shape index (κ1) is 12.0. The molecule has 1 amide bonds. The number of alkyl halides is 3. The quantitative estimate of drug-likeness (QED) is 0.807. The van der Waals surface area contributed by atoms with Crippen LogP contribution in [0.4, 0.5) is 13.2 Å². The maximum Gasteiger partial charge on any atom is 0.416 e. The maximum atomic E-state index is 12.5. The van der Waals surface area contributed by atoms with Crippen LogP contribution < -0.4 is 5.32 Å². The van der Waals surface area contributed by atoms with Crippen LogP contribution >= 0.6 is 0 Å². The molecular formula is C12H12F3NO. The Bertz CT molecular complexity index is 428. The van der Waals surface area contributed by atoms with Gasteiger partial charge in [0.25, 0.3) is 0 Å². The number of benzene rings is 1. The maximum absolute atomic E-state index is 12.5. The van der Waals surface area contributed by atoms with Gasteiger partial charge in [-0.3, -0.25) is 4.79 Å². The van der Waals surface area contributed by atoms with Crippen molar-refractivity contribution in [2.24, 2.45) is 0 Å². The molecule has 1 aliphatic rings. The van der Waals surface area contributed by atoms with Crippen molar-refractivity contribution in [1.82, 2.24) is 5.32 Å². The second-order valence-corrected chi connectivity index (χ2v) is 4.16. The van der Waals surface area contributed by atoms with Gasteiger partial charge in [-0.2, -0.15) is 13.2 Å². The Labute approximate surface area is 96.8 Å². The van der Waals surface area contributed by atoms with Crippen LogP contribution in [0.15, 0.2) is 24.3 Å². The van der Waals surface area contributed by atoms with E-state index in [9.17, 15) is 18.0 Å². The van der Waals surface area contributed by atoms with Gasteiger partial charge < -0.3 is 5.32 Å². The molecule has 2 rings (SSSR count). The highest BCUT2D eigenvalue weighted by molar-refractivity contribution is 5.77. The molecule has 1 fully saturated rings. The molecule has 0 spiro atoms. The Morgan fingerprint density at radius 2 is 2.06 bits per heavy atom. The van der Waals surface area contributed by atoms with E-state index in [4.69, 9.17) is 0 Å². The third-order valence-electron chi connectivity index (χ3n) is 2.93. The number of nitrogens with one attached hydrogen (secondary N) is 1. The van der Waals surface area contributed by atoms with Crippen molar-refractivity contribution < 1.29 is 18.0 Å². The minimum absolute atomic E-state index is 0.0985. The Hall–Kier alpha value is -1.52. The summed E-state index contributed by atoms with van der Waals surface area (Å²) in [6.45, 7) is 0.528. The van der Waals surface area contributed by atoms with E-state index in [1.165, 1.54) is 6.07 Å². The largest absolute Gasteiger partial charge is 0.416 e. The van der Waals surface area contributed by atoms with E-state index in [1.54, 1.807) is 6.07 Å². The van der Waals surface area contributed by atoms with Crippen LogP contribution in [0.25, 0.3) is 0 Å². The summed E-state index contributed by atoms with van der Waals surface area (Å²) in [6, 6.07) is 5.23. The van der Waals surface area contributed by atoms with Gasteiger partial charge in [0.1, 0.15) is 0 Å². The molecule has 0 radical (unpaired) electrons. The van der Waals surface area contributed by atoms with Crippen molar-refractivity contribution >= 4 is 5.91 Å². The molecule has 1 atom stereocenters. The van der Waals surface area contributed by atoms with Gasteiger partial charge >= 0.3 is 6.18 Å². The van der Waals surface area contributed by atoms with Crippen LogP contribution in [0, 0.1) is 0 Å². The van der Waals surface area contributed by atoms with Gasteiger partial charge in [-0.25, -0.2) is 0 Å². The number of carbonyl (C=O) groups is 1. The van der Waals surface area contributed by atoms with E-state index in [1.807, 2.05) is 0 Å². The number of carbonyl (C=O) groups excluding carboxylic acids is 1. The fourth-order valence-corrected chi connectivity index (χ4v) is 2.04. The highest BCUT2D eigenvalue weighted by atomic mass is 19.4. The minimum atomic E-state index is -4.33. The van der Waals surface area contributed by atoms with Crippen LogP contribution in [0.3, 0.4) is 0 Å². The van der Waals surface area contributed by atoms with E-state index in [0.29, 0.717) is 18.5 Å². The van der Waals surface area contributed by atoms with E-state index in [0.717, 1.165) is 12.1 Å². The first-order chi connectivity index (χ1) is 7.97. The van der Waals surface area contributed by atoms with Crippen LogP contribution in [-0.4, -0.2) is 12.5 Å². The first-order valence-corrected chi connectivity index (χ1v) is 5.40. The molecular weight excluding hydrogens is 231 g/mol. The lowest BCUT2D eigenvalue weighted by molar-refractivity contribution is -0.137. The summed E-state index contributed by atoms with van der Waals surface area (Å²) in [5, 5.41) is 2.67. The van der Waals surface area contributed by atoms with Gasteiger partial charge in [0.2, 0.25) is 5.91 Å². The van der Waals surface area contributed by atoms with Crippen molar-refractivity contribution in [2.45, 2.75) is 24.9 Å². The third kappa shape index (κ3) is 2.78. The van der Waals surface area contributed by atoms with E-state index >= 15 is 0 Å². The van der Waals surface area contributed by atoms with Crippen molar-refractivity contribution in [3.8, 4) is 0 Å². The average molecular weight is 243 g/mol. The molecule has 2 nitrogen and oxygen atoms in total. The lowest BCUT2D eigenvalue weighted by Gasteiger charge is -2.23. The molecule has 92 valence electrons. The predicted octanol–water partition coefficient (Wildman–Crippen LogP) is 2.70. The predicted molar refractivity (Wildman–Crippen MR) is 56.4 cm³/mol. The van der Waals surface area contributed by atoms with Gasteiger partial charge in [0.15, 0.2) is 0 Å². The lowest BCUT2D eigenvalue weighted by Crippen LogP contribution is -2.32. The minimum Gasteiger partial charge on any atom is -0.356 e. The Morgan fingerprint density at radius 3 is 2.71 bits per heavy atom. The number of amides is 1. The first-order valence-electron chi connectivity index (χ1n) is 5.40. The molecule has 1 unspecified atom stereocenters. The Balaban J connectivity index is 2.24. The second-order valence-electron chi connectivity index (χ2n) is 4.16. The number of hydrogen-bond acceptors (Lipinski definition) is 1.